The summed E-state index contributed by atoms with van der Waals surface area (Å²) in [5, 5.41) is 47.5. The second kappa shape index (κ2) is 65.1. The molecule has 1 aliphatic heterocycles. The number of unbranched alkanes of at least 4 members (excludes halogenated alkanes) is 6. The number of amides is 3. The number of carbonyl (C=O) groups excluding carboxylic acids is 3. The number of phenolic OH excluding ortho intramolecular Hbond substituents is 2. The van der Waals surface area contributed by atoms with Crippen molar-refractivity contribution in [3.05, 3.63) is 291 Å². The summed E-state index contributed by atoms with van der Waals surface area (Å²) >= 11 is 22.1. The van der Waals surface area contributed by atoms with Crippen LogP contribution in [0.1, 0.15) is 221 Å². The number of aromatic hydroxyl groups is 2. The van der Waals surface area contributed by atoms with Crippen molar-refractivity contribution in [2.75, 3.05) is 19.8 Å². The van der Waals surface area contributed by atoms with Crippen LogP contribution in [-0.2, 0) is 26.1 Å². The minimum atomic E-state index is -1.56. The maximum absolute atomic E-state index is 12.5. The second-order valence-corrected chi connectivity index (χ2v) is 67.3. The third kappa shape index (κ3) is 43.7. The van der Waals surface area contributed by atoms with Crippen molar-refractivity contribution in [3.63, 3.8) is 0 Å². The van der Waals surface area contributed by atoms with Gasteiger partial charge in [-0.2, -0.15) is 0 Å². The van der Waals surface area contributed by atoms with Gasteiger partial charge in [0.2, 0.25) is 0 Å². The number of rotatable bonds is 32. The number of pyridine rings is 8. The molecule has 0 aliphatic carbocycles. The average Bonchev–Trinajstić information content (AvgIpc) is 0.808. The number of hydrogen-bond acceptors (Lipinski definition) is 17. The summed E-state index contributed by atoms with van der Waals surface area (Å²) in [6, 6.07) is 43.4. The number of aliphatic hydroxyl groups is 1. The Morgan fingerprint density at radius 3 is 1.34 bits per heavy atom. The fourth-order valence-electron chi connectivity index (χ4n) is 13.7. The molecular formula is C105H133Br3Cl3N11O10Sn2. The predicted molar refractivity (Wildman–Crippen MR) is 569 cm³/mol. The molecule has 0 spiro atoms. The van der Waals surface area contributed by atoms with E-state index in [2.05, 4.69) is 168 Å². The van der Waals surface area contributed by atoms with Gasteiger partial charge in [0.1, 0.15) is 45.8 Å². The molecular weight excluding hydrogens is 2160 g/mol. The summed E-state index contributed by atoms with van der Waals surface area (Å²) in [5.41, 5.74) is 8.29. The minimum Gasteiger partial charge on any atom is -0.508 e. The zero-order chi connectivity index (χ0) is 98.1. The molecule has 7 N–H and O–H groups in total. The van der Waals surface area contributed by atoms with Crippen LogP contribution in [0.3, 0.4) is 0 Å². The van der Waals surface area contributed by atoms with Crippen molar-refractivity contribution in [2.45, 2.75) is 218 Å². The number of hydrogen-bond donors (Lipinski definition) is 7. The van der Waals surface area contributed by atoms with E-state index in [4.69, 9.17) is 59.6 Å². The van der Waals surface area contributed by atoms with Gasteiger partial charge in [-0.3, -0.25) is 34.3 Å². The van der Waals surface area contributed by atoms with Crippen LogP contribution in [0.25, 0.3) is 49.7 Å². The fraction of sp³-hybridized carbons (Fsp3) is 0.371. The topological polar surface area (TPSA) is 307 Å². The molecule has 12 aromatic rings. The van der Waals surface area contributed by atoms with E-state index < -0.39 is 46.5 Å². The first-order chi connectivity index (χ1) is 64.4. The molecule has 2 bridgehead atoms. The predicted octanol–water partition coefficient (Wildman–Crippen LogP) is 28.6. The Bertz CT molecular complexity index is 5550. The Balaban J connectivity index is 0.000000277. The number of halogens is 6. The Labute approximate surface area is 841 Å². The average molecular weight is 2290 g/mol. The molecule has 13 rings (SSSR count). The zero-order valence-electron chi connectivity index (χ0n) is 79.1. The van der Waals surface area contributed by atoms with Gasteiger partial charge < -0.3 is 45.9 Å². The largest absolute Gasteiger partial charge is 0.508 e. The van der Waals surface area contributed by atoms with Crippen molar-refractivity contribution in [1.29, 1.82) is 0 Å². The van der Waals surface area contributed by atoms with Crippen molar-refractivity contribution in [3.8, 4) is 23.0 Å². The van der Waals surface area contributed by atoms with Gasteiger partial charge >= 0.3 is 198 Å². The molecule has 718 valence electrons. The summed E-state index contributed by atoms with van der Waals surface area (Å²) in [6.45, 7) is 27.0. The fourth-order valence-corrected chi connectivity index (χ4v) is 40.0. The van der Waals surface area contributed by atoms with Crippen LogP contribution in [0.5, 0.6) is 23.0 Å². The number of benzene rings is 4. The number of aliphatic hydroxyl groups excluding tert-OH is 1. The van der Waals surface area contributed by atoms with Crippen molar-refractivity contribution >= 4 is 193 Å². The molecule has 0 radical (unpaired) electrons. The summed E-state index contributed by atoms with van der Waals surface area (Å²) in [4.78, 5) is 86.9. The van der Waals surface area contributed by atoms with Crippen molar-refractivity contribution in [1.82, 2.24) is 55.8 Å². The van der Waals surface area contributed by atoms with Gasteiger partial charge in [-0.1, -0.05) is 139 Å². The quantitative estimate of drug-likeness (QED) is 0.00892. The third-order valence-corrected chi connectivity index (χ3v) is 49.9. The first-order valence-corrected chi connectivity index (χ1v) is 67.3. The van der Waals surface area contributed by atoms with Gasteiger partial charge in [0.15, 0.2) is 3.79 Å². The van der Waals surface area contributed by atoms with Gasteiger partial charge in [-0.05, 0) is 159 Å². The number of alkyl halides is 3. The Morgan fingerprint density at radius 1 is 0.515 bits per heavy atom. The van der Waals surface area contributed by atoms with Crippen molar-refractivity contribution < 1.29 is 49.1 Å². The number of para-hydroxylation sites is 4. The summed E-state index contributed by atoms with van der Waals surface area (Å²) in [6.07, 6.45) is 41.6. The number of carboxylic acids is 1. The van der Waals surface area contributed by atoms with E-state index in [9.17, 15) is 24.3 Å². The van der Waals surface area contributed by atoms with E-state index in [-0.39, 0.29) is 42.3 Å². The first-order valence-electron chi connectivity index (χ1n) is 46.0. The zero-order valence-corrected chi connectivity index (χ0v) is 91.8. The van der Waals surface area contributed by atoms with Gasteiger partial charge in [0.25, 0.3) is 17.7 Å². The molecule has 9 heterocycles. The molecule has 0 saturated heterocycles. The molecule has 0 saturated carbocycles. The molecule has 134 heavy (non-hydrogen) atoms. The number of aromatic carboxylic acids is 1. The minimum absolute atomic E-state index is 0.0319. The maximum Gasteiger partial charge on any atom is 0.354 e. The van der Waals surface area contributed by atoms with E-state index in [0.717, 1.165) is 89.0 Å². The molecule has 0 atom stereocenters. The molecule has 0 unspecified atom stereocenters. The molecule has 21 nitrogen and oxygen atoms in total. The van der Waals surface area contributed by atoms with Crippen LogP contribution in [0.4, 0.5) is 0 Å². The number of phenols is 2. The molecule has 4 aromatic carbocycles. The summed E-state index contributed by atoms with van der Waals surface area (Å²) in [7, 11) is 0. The number of nitrogens with zero attached hydrogens (tertiary/aromatic N) is 8. The normalized spacial score (nSPS) is 11.4. The number of carbonyl (C=O) groups is 4. The second-order valence-electron chi connectivity index (χ2n) is 32.6. The van der Waals surface area contributed by atoms with Gasteiger partial charge in [-0.25, -0.2) is 24.7 Å². The van der Waals surface area contributed by atoms with E-state index in [1.54, 1.807) is 143 Å². The number of aromatic nitrogens is 8. The van der Waals surface area contributed by atoms with E-state index in [0.29, 0.717) is 82.1 Å². The Hall–Kier alpha value is -8.71. The molecule has 3 amide bonds. The van der Waals surface area contributed by atoms with Crippen molar-refractivity contribution in [2.24, 2.45) is 0 Å². The number of fused-ring (bicyclic) bond motifs is 5. The van der Waals surface area contributed by atoms with Crippen LogP contribution in [0, 0.1) is 0 Å². The smallest absolute Gasteiger partial charge is 0.354 e. The maximum atomic E-state index is 12.5. The molecule has 1 aliphatic rings. The van der Waals surface area contributed by atoms with E-state index in [1.165, 1.54) is 90.0 Å². The van der Waals surface area contributed by atoms with Crippen LogP contribution in [0.2, 0.25) is 36.5 Å². The molecule has 0 fully saturated rings. The standard InChI is InChI=1S/C20H18BrN3O2.C20H17N3O2.C16H12BrN3O2.C9H5BrN2O2.C8H10O.C4H8O.6C4H9.C2H3Cl3.2CH3.2Sn/c1-2-3-10-26-18-7-5-4-6-14(18)12-23-20(25)17-9-8-15-11-22-13-16(21)19(15)24-17;24-20-17-9-8-16-12-21-11-15(19(16)23-17)6-3-4-10-25-18-7-2-1-5-14(18)13-22-20;17-12-9-18-7-11-5-6-13(20-15(11)12)16(22)19-8-10-3-1-2-4-14(10)21;10-6-4-11-3-5-1-2-7(9(13)14)12-8(5)6;1-2-7-5-3-4-6-8(7)9;1-2-3-4-5;6*1-3-4-2;1-2(3,4)5;;;;/h2,4-9,11,13H,1,3,10,12H2,(H,23,25);1-3,5-9,11-12H,4,10,13H2,(H,22,24);1-7,9,21H,8H2,(H,19,22);1-4H,(H,13,14);3-6,9H,2H2,1H3;2,5H,1,3-4H2;6*1,3-4H2,2H3;1H3;2*1H3;;. The Kier molecular flexibility index (Phi) is 56.3. The number of aryl methyl sites for hydroxylation is 1. The van der Waals surface area contributed by atoms with Gasteiger partial charge in [0.05, 0.1) is 48.7 Å². The van der Waals surface area contributed by atoms with Gasteiger partial charge in [0, 0.05) is 120 Å². The van der Waals surface area contributed by atoms with E-state index >= 15 is 0 Å². The van der Waals surface area contributed by atoms with Gasteiger partial charge in [-0.15, -0.1) is 13.2 Å². The van der Waals surface area contributed by atoms with Crippen LogP contribution in [0.15, 0.2) is 240 Å². The molecule has 8 aromatic heterocycles. The van der Waals surface area contributed by atoms with Crippen LogP contribution >= 0.6 is 82.6 Å². The first kappa shape index (κ1) is 116. The van der Waals surface area contributed by atoms with Crippen LogP contribution < -0.4 is 25.4 Å². The monoisotopic (exact) mass is 2290 g/mol. The van der Waals surface area contributed by atoms with Crippen LogP contribution in [-0.4, -0.2) is 144 Å². The summed E-state index contributed by atoms with van der Waals surface area (Å²) < 4.78 is 22.6. The number of carboxylic acid groups (broad SMARTS) is 1. The summed E-state index contributed by atoms with van der Waals surface area (Å²) in [5.74, 6) is 0.332. The third-order valence-electron chi connectivity index (χ3n) is 21.4. The number of ether oxygens (including phenoxy) is 2. The molecule has 29 heteroatoms. The van der Waals surface area contributed by atoms with E-state index in [1.807, 2.05) is 104 Å². The Morgan fingerprint density at radius 2 is 0.910 bits per heavy atom. The number of nitrogens with one attached hydrogen (secondary N) is 3. The SMILES string of the molecule is C=CCCO.C=CCCOc1ccccc1CNC(=O)c1ccc2cncc(Br)c2n1.CC(Cl)(Cl)Cl.CCC[CH2][Sn]([CH3])([CH2]CCC)[CH2]CCC.CCC[CH2][Sn]([CH3])([CH2]CCC)[CH2]CCC.CCc1ccccc1O.O=C(NCc1ccccc1O)c1ccc2cncc(Br)c2n1.O=C(O)c1ccc2cncc(Br)c2n1.O=C1NCc2ccccc2OCCC=Cc2cncc3ccc1nc23.